The fourth-order valence-electron chi connectivity index (χ4n) is 5.42. The van der Waals surface area contributed by atoms with Gasteiger partial charge in [0.05, 0.1) is 6.61 Å². The van der Waals surface area contributed by atoms with Crippen LogP contribution in [0, 0.1) is 11.3 Å². The number of esters is 2. The summed E-state index contributed by atoms with van der Waals surface area (Å²) >= 11 is 0. The summed E-state index contributed by atoms with van der Waals surface area (Å²) in [7, 11) is 0. The second-order valence-corrected chi connectivity index (χ2v) is 12.8. The molecule has 228 valence electrons. The monoisotopic (exact) mass is 576 g/mol. The van der Waals surface area contributed by atoms with E-state index in [0.29, 0.717) is 23.8 Å². The molecule has 0 aliphatic heterocycles. The Morgan fingerprint density at radius 1 is 0.881 bits per heavy atom. The van der Waals surface area contributed by atoms with Crippen molar-refractivity contribution in [3.05, 3.63) is 85.0 Å². The lowest BCUT2D eigenvalue weighted by Crippen LogP contribution is -2.42. The molecule has 0 aromatic heterocycles. The minimum Gasteiger partial charge on any atom is -0.476 e. The lowest BCUT2D eigenvalue weighted by molar-refractivity contribution is -0.159. The number of carbonyl (C=O) groups is 2. The first-order valence-electron chi connectivity index (χ1n) is 14.9. The van der Waals surface area contributed by atoms with Crippen LogP contribution in [0.15, 0.2) is 73.8 Å². The standard InChI is InChI=1S/C36H48O6/c1-10-23-39-32(38)35(9,12-3)42-30-19-15-28(16-20-30)36(22-21-33(5,6)26(4)25-36)27-13-17-29(18-14-27)41-31(37)34(7,8)40-24-11-2/h10-11,13-20,26H,1-2,12,21-25H2,3-9H3. The van der Waals surface area contributed by atoms with E-state index in [4.69, 9.17) is 18.9 Å². The van der Waals surface area contributed by atoms with Gasteiger partial charge in [-0.3, -0.25) is 0 Å². The van der Waals surface area contributed by atoms with E-state index in [1.165, 1.54) is 11.1 Å². The van der Waals surface area contributed by atoms with Crippen molar-refractivity contribution in [3.8, 4) is 11.5 Å². The van der Waals surface area contributed by atoms with Gasteiger partial charge in [-0.25, -0.2) is 9.59 Å². The molecule has 1 aliphatic rings. The van der Waals surface area contributed by atoms with Crippen molar-refractivity contribution >= 4 is 11.9 Å². The van der Waals surface area contributed by atoms with Gasteiger partial charge in [-0.05, 0) is 93.2 Å². The zero-order valence-corrected chi connectivity index (χ0v) is 26.5. The summed E-state index contributed by atoms with van der Waals surface area (Å²) in [6, 6.07) is 16.0. The molecule has 3 atom stereocenters. The first-order chi connectivity index (χ1) is 19.7. The molecule has 6 nitrogen and oxygen atoms in total. The van der Waals surface area contributed by atoms with Crippen molar-refractivity contribution in [2.24, 2.45) is 11.3 Å². The van der Waals surface area contributed by atoms with Crippen LogP contribution in [-0.2, 0) is 24.5 Å². The highest BCUT2D eigenvalue weighted by atomic mass is 16.6. The molecule has 1 aliphatic carbocycles. The maximum Gasteiger partial charge on any atom is 0.350 e. The van der Waals surface area contributed by atoms with Crippen molar-refractivity contribution in [2.45, 2.75) is 90.8 Å². The molecule has 1 saturated carbocycles. The van der Waals surface area contributed by atoms with Crippen molar-refractivity contribution in [1.82, 2.24) is 0 Å². The minimum absolute atomic E-state index is 0.145. The third kappa shape index (κ3) is 7.33. The molecule has 0 heterocycles. The van der Waals surface area contributed by atoms with Crippen molar-refractivity contribution in [2.75, 3.05) is 13.2 Å². The van der Waals surface area contributed by atoms with Gasteiger partial charge in [-0.15, -0.1) is 6.58 Å². The Morgan fingerprint density at radius 3 is 1.93 bits per heavy atom. The van der Waals surface area contributed by atoms with E-state index in [1.807, 2.05) is 31.2 Å². The Labute approximate surface area is 252 Å². The highest BCUT2D eigenvalue weighted by molar-refractivity contribution is 5.81. The van der Waals surface area contributed by atoms with Crippen LogP contribution in [-0.4, -0.2) is 36.4 Å². The molecule has 2 aromatic carbocycles. The zero-order chi connectivity index (χ0) is 31.2. The summed E-state index contributed by atoms with van der Waals surface area (Å²) in [6.07, 6.45) is 6.64. The summed E-state index contributed by atoms with van der Waals surface area (Å²) in [5, 5.41) is 0. The van der Waals surface area contributed by atoms with E-state index < -0.39 is 23.1 Å². The topological polar surface area (TPSA) is 71.1 Å². The molecule has 0 radical (unpaired) electrons. The average Bonchev–Trinajstić information content (AvgIpc) is 2.97. The number of rotatable bonds is 13. The van der Waals surface area contributed by atoms with E-state index >= 15 is 0 Å². The van der Waals surface area contributed by atoms with Crippen LogP contribution in [0.25, 0.3) is 0 Å². The number of benzene rings is 2. The molecule has 6 heteroatoms. The maximum atomic E-state index is 12.7. The van der Waals surface area contributed by atoms with E-state index in [9.17, 15) is 9.59 Å². The largest absolute Gasteiger partial charge is 0.476 e. The normalized spacial score (nSPS) is 21.5. The molecule has 0 N–H and O–H groups in total. The fourth-order valence-corrected chi connectivity index (χ4v) is 5.42. The van der Waals surface area contributed by atoms with Gasteiger partial charge >= 0.3 is 11.9 Å². The van der Waals surface area contributed by atoms with E-state index in [1.54, 1.807) is 32.9 Å². The highest BCUT2D eigenvalue weighted by Crippen LogP contribution is 2.53. The van der Waals surface area contributed by atoms with Crippen molar-refractivity contribution in [3.63, 3.8) is 0 Å². The van der Waals surface area contributed by atoms with Gasteiger partial charge in [0.1, 0.15) is 18.1 Å². The smallest absolute Gasteiger partial charge is 0.350 e. The number of ether oxygens (including phenoxy) is 4. The zero-order valence-electron chi connectivity index (χ0n) is 26.5. The van der Waals surface area contributed by atoms with E-state index in [-0.39, 0.29) is 24.0 Å². The van der Waals surface area contributed by atoms with Crippen LogP contribution < -0.4 is 9.47 Å². The van der Waals surface area contributed by atoms with Crippen LogP contribution in [0.4, 0.5) is 0 Å². The summed E-state index contributed by atoms with van der Waals surface area (Å²) in [4.78, 5) is 25.4. The highest BCUT2D eigenvalue weighted by Gasteiger charge is 2.45. The molecule has 2 aromatic rings. The summed E-state index contributed by atoms with van der Waals surface area (Å²) in [5.74, 6) is 0.699. The second-order valence-electron chi connectivity index (χ2n) is 12.8. The predicted molar refractivity (Wildman–Crippen MR) is 167 cm³/mol. The third-order valence-corrected chi connectivity index (χ3v) is 9.04. The van der Waals surface area contributed by atoms with Gasteiger partial charge in [0, 0.05) is 5.41 Å². The Kier molecular flexibility index (Phi) is 10.5. The van der Waals surface area contributed by atoms with Gasteiger partial charge in [-0.1, -0.05) is 70.7 Å². The Bertz CT molecular complexity index is 1240. The third-order valence-electron chi connectivity index (χ3n) is 9.04. The quantitative estimate of drug-likeness (QED) is 0.137. The van der Waals surface area contributed by atoms with Crippen LogP contribution in [0.2, 0.25) is 0 Å². The lowest BCUT2D eigenvalue weighted by Gasteiger charge is -2.48. The van der Waals surface area contributed by atoms with E-state index in [0.717, 1.165) is 19.3 Å². The fraction of sp³-hybridized carbons (Fsp3) is 0.500. The predicted octanol–water partition coefficient (Wildman–Crippen LogP) is 7.98. The van der Waals surface area contributed by atoms with Gasteiger partial charge in [0.15, 0.2) is 5.60 Å². The number of carbonyl (C=O) groups excluding carboxylic acids is 2. The van der Waals surface area contributed by atoms with Crippen LogP contribution in [0.1, 0.15) is 85.3 Å². The number of hydrogen-bond acceptors (Lipinski definition) is 6. The number of hydrogen-bond donors (Lipinski definition) is 0. The summed E-state index contributed by atoms with van der Waals surface area (Å²) < 4.78 is 22.7. The summed E-state index contributed by atoms with van der Waals surface area (Å²) in [6.45, 7) is 21.7. The SMILES string of the molecule is C=CCOC(=O)C(C)(CC)Oc1ccc(C2(c3ccc(OC(=O)C(C)(C)OCC=C)cc3)CCC(C)(C)C(C)C2)cc1. The minimum atomic E-state index is -1.09. The first kappa shape index (κ1) is 33.1. The second kappa shape index (κ2) is 13.3. The van der Waals surface area contributed by atoms with Gasteiger partial charge in [-0.2, -0.15) is 0 Å². The average molecular weight is 577 g/mol. The van der Waals surface area contributed by atoms with Crippen LogP contribution in [0.3, 0.4) is 0 Å². The molecule has 0 amide bonds. The molecular formula is C36H48O6. The van der Waals surface area contributed by atoms with Crippen LogP contribution in [0.5, 0.6) is 11.5 Å². The molecule has 42 heavy (non-hydrogen) atoms. The summed E-state index contributed by atoms with van der Waals surface area (Å²) in [5.41, 5.74) is 0.190. The lowest BCUT2D eigenvalue weighted by atomic mass is 9.56. The van der Waals surface area contributed by atoms with E-state index in [2.05, 4.69) is 58.2 Å². The molecule has 3 unspecified atom stereocenters. The van der Waals surface area contributed by atoms with Gasteiger partial charge in [0.2, 0.25) is 5.60 Å². The molecule has 0 bridgehead atoms. The van der Waals surface area contributed by atoms with Gasteiger partial charge < -0.3 is 18.9 Å². The van der Waals surface area contributed by atoms with Crippen molar-refractivity contribution in [1.29, 1.82) is 0 Å². The molecular weight excluding hydrogens is 528 g/mol. The Morgan fingerprint density at radius 2 is 1.43 bits per heavy atom. The van der Waals surface area contributed by atoms with Crippen molar-refractivity contribution < 1.29 is 28.5 Å². The molecule has 1 fully saturated rings. The van der Waals surface area contributed by atoms with Crippen LogP contribution >= 0.6 is 0 Å². The Balaban J connectivity index is 1.90. The first-order valence-corrected chi connectivity index (χ1v) is 14.9. The maximum absolute atomic E-state index is 12.7. The molecule has 0 spiro atoms. The molecule has 3 rings (SSSR count). The van der Waals surface area contributed by atoms with Gasteiger partial charge in [0.25, 0.3) is 0 Å². The Hall–Kier alpha value is -3.38. The molecule has 0 saturated heterocycles.